The lowest BCUT2D eigenvalue weighted by atomic mass is 9.95. The lowest BCUT2D eigenvalue weighted by Gasteiger charge is -2.19. The second kappa shape index (κ2) is 9.11. The number of nitrogens with two attached hydrogens (primary N) is 1. The third-order valence-electron chi connectivity index (χ3n) is 4.20. The summed E-state index contributed by atoms with van der Waals surface area (Å²) < 4.78 is 10.9. The minimum absolute atomic E-state index is 0.00475. The molecule has 0 saturated heterocycles. The number of benzene rings is 1. The number of carbonyl (C=O) groups is 1. The van der Waals surface area contributed by atoms with Gasteiger partial charge in [0.25, 0.3) is 0 Å². The predicted octanol–water partition coefficient (Wildman–Crippen LogP) is 3.07. The summed E-state index contributed by atoms with van der Waals surface area (Å²) >= 11 is 6.20. The fraction of sp³-hybridized carbons (Fsp3) is 0.588. The lowest BCUT2D eigenvalue weighted by Crippen LogP contribution is -2.30. The van der Waals surface area contributed by atoms with Crippen LogP contribution >= 0.6 is 11.6 Å². The molecule has 2 rings (SSSR count). The van der Waals surface area contributed by atoms with E-state index in [0.29, 0.717) is 42.8 Å². The quantitative estimate of drug-likeness (QED) is 0.713. The van der Waals surface area contributed by atoms with E-state index in [-0.39, 0.29) is 17.7 Å². The average Bonchev–Trinajstić information content (AvgIpc) is 3.02. The van der Waals surface area contributed by atoms with Crippen molar-refractivity contribution in [1.29, 1.82) is 0 Å². The molecule has 1 aliphatic carbocycles. The molecule has 0 aromatic heterocycles. The van der Waals surface area contributed by atoms with E-state index >= 15 is 0 Å². The SMILES string of the molecule is CCOCCOc1c(Cl)cccc1NC(=O)[C@@H]1CCC[C@@H]1CN. The van der Waals surface area contributed by atoms with E-state index in [9.17, 15) is 4.79 Å². The van der Waals surface area contributed by atoms with Crippen LogP contribution < -0.4 is 15.8 Å². The number of nitrogens with one attached hydrogen (secondary N) is 1. The molecule has 0 heterocycles. The van der Waals surface area contributed by atoms with Crippen molar-refractivity contribution in [1.82, 2.24) is 0 Å². The largest absolute Gasteiger partial charge is 0.487 e. The molecular formula is C17H25ClN2O3. The highest BCUT2D eigenvalue weighted by Crippen LogP contribution is 2.36. The molecule has 2 atom stereocenters. The monoisotopic (exact) mass is 340 g/mol. The summed E-state index contributed by atoms with van der Waals surface area (Å²) in [6, 6.07) is 5.33. The molecule has 0 bridgehead atoms. The van der Waals surface area contributed by atoms with E-state index in [4.69, 9.17) is 26.8 Å². The Morgan fingerprint density at radius 1 is 1.39 bits per heavy atom. The van der Waals surface area contributed by atoms with E-state index < -0.39 is 0 Å². The number of carbonyl (C=O) groups excluding carboxylic acids is 1. The summed E-state index contributed by atoms with van der Waals surface area (Å²) in [4.78, 5) is 12.5. The Morgan fingerprint density at radius 3 is 2.96 bits per heavy atom. The zero-order chi connectivity index (χ0) is 16.7. The van der Waals surface area contributed by atoms with Gasteiger partial charge in [-0.2, -0.15) is 0 Å². The van der Waals surface area contributed by atoms with Gasteiger partial charge in [0.05, 0.1) is 17.3 Å². The van der Waals surface area contributed by atoms with Gasteiger partial charge in [0.2, 0.25) is 5.91 Å². The topological polar surface area (TPSA) is 73.6 Å². The molecule has 0 unspecified atom stereocenters. The van der Waals surface area contributed by atoms with E-state index in [2.05, 4.69) is 5.32 Å². The number of halogens is 1. The highest BCUT2D eigenvalue weighted by Gasteiger charge is 2.32. The molecule has 1 amide bonds. The second-order valence-electron chi connectivity index (χ2n) is 5.68. The molecular weight excluding hydrogens is 316 g/mol. The summed E-state index contributed by atoms with van der Waals surface area (Å²) in [5.41, 5.74) is 6.36. The molecule has 1 saturated carbocycles. The Kier molecular flexibility index (Phi) is 7.15. The van der Waals surface area contributed by atoms with Gasteiger partial charge in [-0.3, -0.25) is 4.79 Å². The smallest absolute Gasteiger partial charge is 0.227 e. The molecule has 3 N–H and O–H groups in total. The van der Waals surface area contributed by atoms with Gasteiger partial charge in [-0.05, 0) is 44.4 Å². The van der Waals surface area contributed by atoms with Crippen LogP contribution in [0.4, 0.5) is 5.69 Å². The number of ether oxygens (including phenoxy) is 2. The van der Waals surface area contributed by atoms with Crippen molar-refractivity contribution in [2.45, 2.75) is 26.2 Å². The van der Waals surface area contributed by atoms with E-state index in [1.165, 1.54) is 0 Å². The Morgan fingerprint density at radius 2 is 2.22 bits per heavy atom. The Labute approximate surface area is 142 Å². The van der Waals surface area contributed by atoms with Crippen LogP contribution in [0.5, 0.6) is 5.75 Å². The number of rotatable bonds is 8. The number of para-hydroxylation sites is 1. The van der Waals surface area contributed by atoms with Crippen LogP contribution in [0.3, 0.4) is 0 Å². The predicted molar refractivity (Wildman–Crippen MR) is 92.0 cm³/mol. The van der Waals surface area contributed by atoms with Crippen molar-refractivity contribution in [3.63, 3.8) is 0 Å². The van der Waals surface area contributed by atoms with Gasteiger partial charge in [-0.15, -0.1) is 0 Å². The van der Waals surface area contributed by atoms with Gasteiger partial charge < -0.3 is 20.5 Å². The van der Waals surface area contributed by atoms with Crippen LogP contribution in [0.25, 0.3) is 0 Å². The maximum atomic E-state index is 12.5. The minimum Gasteiger partial charge on any atom is -0.487 e. The highest BCUT2D eigenvalue weighted by atomic mass is 35.5. The molecule has 1 fully saturated rings. The normalized spacial score (nSPS) is 20.5. The zero-order valence-electron chi connectivity index (χ0n) is 13.5. The lowest BCUT2D eigenvalue weighted by molar-refractivity contribution is -0.120. The summed E-state index contributed by atoms with van der Waals surface area (Å²) in [6.07, 6.45) is 2.95. The molecule has 0 aliphatic heterocycles. The van der Waals surface area contributed by atoms with Crippen molar-refractivity contribution < 1.29 is 14.3 Å². The van der Waals surface area contributed by atoms with E-state index in [1.54, 1.807) is 18.2 Å². The molecule has 1 aromatic rings. The fourth-order valence-corrected chi connectivity index (χ4v) is 3.22. The van der Waals surface area contributed by atoms with Crippen LogP contribution in [0.15, 0.2) is 18.2 Å². The molecule has 0 spiro atoms. The maximum absolute atomic E-state index is 12.5. The molecule has 1 aromatic carbocycles. The van der Waals surface area contributed by atoms with Crippen molar-refractivity contribution in [2.24, 2.45) is 17.6 Å². The van der Waals surface area contributed by atoms with Crippen LogP contribution in [0, 0.1) is 11.8 Å². The Bertz CT molecular complexity index is 525. The molecule has 5 nitrogen and oxygen atoms in total. The number of amides is 1. The third kappa shape index (κ3) is 4.83. The van der Waals surface area contributed by atoms with Crippen molar-refractivity contribution in [3.05, 3.63) is 23.2 Å². The number of anilines is 1. The Balaban J connectivity index is 2.03. The van der Waals surface area contributed by atoms with Crippen LogP contribution in [-0.2, 0) is 9.53 Å². The molecule has 6 heteroatoms. The number of hydrogen-bond donors (Lipinski definition) is 2. The molecule has 23 heavy (non-hydrogen) atoms. The summed E-state index contributed by atoms with van der Waals surface area (Å²) in [7, 11) is 0. The van der Waals surface area contributed by atoms with Crippen LogP contribution in [0.2, 0.25) is 5.02 Å². The van der Waals surface area contributed by atoms with E-state index in [0.717, 1.165) is 19.3 Å². The zero-order valence-corrected chi connectivity index (χ0v) is 14.3. The standard InChI is InChI=1S/C17H25ClN2O3/c1-2-22-9-10-23-16-14(18)7-4-8-15(16)20-17(21)13-6-3-5-12(13)11-19/h4,7-8,12-13H,2-3,5-6,9-11,19H2,1H3,(H,20,21)/t12-,13-/m1/s1. The van der Waals surface area contributed by atoms with Gasteiger partial charge >= 0.3 is 0 Å². The molecule has 0 radical (unpaired) electrons. The van der Waals surface area contributed by atoms with Crippen molar-refractivity contribution in [2.75, 3.05) is 31.7 Å². The van der Waals surface area contributed by atoms with Crippen LogP contribution in [-0.4, -0.2) is 32.3 Å². The summed E-state index contributed by atoms with van der Waals surface area (Å²) in [5, 5.41) is 3.43. The highest BCUT2D eigenvalue weighted by molar-refractivity contribution is 6.32. The molecule has 1 aliphatic rings. The summed E-state index contributed by atoms with van der Waals surface area (Å²) in [5.74, 6) is 0.714. The van der Waals surface area contributed by atoms with Gasteiger partial charge in [-0.1, -0.05) is 24.1 Å². The van der Waals surface area contributed by atoms with Gasteiger partial charge in [-0.25, -0.2) is 0 Å². The molecule has 128 valence electrons. The Hall–Kier alpha value is -1.30. The average molecular weight is 341 g/mol. The summed E-state index contributed by atoms with van der Waals surface area (Å²) in [6.45, 7) is 3.97. The van der Waals surface area contributed by atoms with Gasteiger partial charge in [0.15, 0.2) is 5.75 Å². The maximum Gasteiger partial charge on any atom is 0.227 e. The second-order valence-corrected chi connectivity index (χ2v) is 6.09. The first-order valence-corrected chi connectivity index (χ1v) is 8.55. The first-order valence-electron chi connectivity index (χ1n) is 8.17. The van der Waals surface area contributed by atoms with E-state index in [1.807, 2.05) is 6.92 Å². The van der Waals surface area contributed by atoms with Gasteiger partial charge in [0.1, 0.15) is 6.61 Å². The third-order valence-corrected chi connectivity index (χ3v) is 4.50. The first kappa shape index (κ1) is 18.0. The van der Waals surface area contributed by atoms with Crippen molar-refractivity contribution in [3.8, 4) is 5.75 Å². The minimum atomic E-state index is -0.0322. The fourth-order valence-electron chi connectivity index (χ4n) is 2.99. The van der Waals surface area contributed by atoms with Crippen molar-refractivity contribution >= 4 is 23.2 Å². The van der Waals surface area contributed by atoms with Gasteiger partial charge in [0, 0.05) is 12.5 Å². The van der Waals surface area contributed by atoms with Crippen LogP contribution in [0.1, 0.15) is 26.2 Å². The number of hydrogen-bond acceptors (Lipinski definition) is 4. The first-order chi connectivity index (χ1) is 11.2.